The Hall–Kier alpha value is -1.42. The van der Waals surface area contributed by atoms with E-state index < -0.39 is 0 Å². The fourth-order valence-corrected chi connectivity index (χ4v) is 3.68. The van der Waals surface area contributed by atoms with Crippen LogP contribution in [0.25, 0.3) is 0 Å². The number of aromatic nitrogens is 1. The number of aryl methyl sites for hydroxylation is 1. The van der Waals surface area contributed by atoms with Crippen molar-refractivity contribution in [2.24, 2.45) is 5.92 Å². The van der Waals surface area contributed by atoms with E-state index in [-0.39, 0.29) is 5.91 Å². The van der Waals surface area contributed by atoms with Crippen molar-refractivity contribution in [3.05, 3.63) is 34.9 Å². The lowest BCUT2D eigenvalue weighted by Crippen LogP contribution is -2.12. The highest BCUT2D eigenvalue weighted by Gasteiger charge is 2.22. The number of rotatable bonds is 5. The molecule has 2 rings (SSSR count). The highest BCUT2D eigenvalue weighted by atomic mass is 32.1. The monoisotopic (exact) mass is 290 g/mol. The molecular weight excluding hydrogens is 268 g/mol. The van der Waals surface area contributed by atoms with Crippen LogP contribution in [0.3, 0.4) is 0 Å². The number of carbonyl (C=O) groups is 1. The fourth-order valence-electron chi connectivity index (χ4n) is 2.55. The Balaban J connectivity index is 1.97. The fraction of sp³-hybridized carbons (Fsp3) is 0.500. The van der Waals surface area contributed by atoms with E-state index in [4.69, 9.17) is 0 Å². The van der Waals surface area contributed by atoms with Gasteiger partial charge in [0.15, 0.2) is 5.13 Å². The smallest absolute Gasteiger partial charge is 0.250 e. The maximum absolute atomic E-state index is 11.7. The third kappa shape index (κ3) is 4.04. The van der Waals surface area contributed by atoms with Crippen molar-refractivity contribution in [3.63, 3.8) is 0 Å². The second-order valence-electron chi connectivity index (χ2n) is 5.16. The third-order valence-corrected chi connectivity index (χ3v) is 4.56. The van der Waals surface area contributed by atoms with Crippen LogP contribution >= 0.6 is 11.3 Å². The largest absolute Gasteiger partial charge is 0.298 e. The van der Waals surface area contributed by atoms with Gasteiger partial charge in [-0.25, -0.2) is 4.98 Å². The van der Waals surface area contributed by atoms with Gasteiger partial charge < -0.3 is 0 Å². The Kier molecular flexibility index (Phi) is 5.53. The molecule has 1 aromatic rings. The summed E-state index contributed by atoms with van der Waals surface area (Å²) in [6.07, 6.45) is 13.0. The van der Waals surface area contributed by atoms with Gasteiger partial charge in [-0.15, -0.1) is 11.3 Å². The molecule has 1 aliphatic rings. The summed E-state index contributed by atoms with van der Waals surface area (Å²) in [5, 5.41) is 3.59. The normalized spacial score (nSPS) is 18.6. The number of allylic oxidation sites excluding steroid dienone is 3. The van der Waals surface area contributed by atoms with E-state index in [0.717, 1.165) is 23.9 Å². The summed E-state index contributed by atoms with van der Waals surface area (Å²) >= 11 is 1.64. The number of hydrogen-bond donors (Lipinski definition) is 1. The number of fused-ring (bicyclic) bond motifs is 1. The quantitative estimate of drug-likeness (QED) is 0.654. The van der Waals surface area contributed by atoms with Crippen LogP contribution in [0.15, 0.2) is 24.3 Å². The molecule has 4 heteroatoms. The van der Waals surface area contributed by atoms with Crippen LogP contribution in [0.2, 0.25) is 0 Å². The summed E-state index contributed by atoms with van der Waals surface area (Å²) in [5.74, 6) is 0.686. The lowest BCUT2D eigenvalue weighted by molar-refractivity contribution is -0.111. The van der Waals surface area contributed by atoms with E-state index in [0.29, 0.717) is 0 Å². The van der Waals surface area contributed by atoms with Gasteiger partial charge >= 0.3 is 0 Å². The van der Waals surface area contributed by atoms with Gasteiger partial charge in [0.2, 0.25) is 5.91 Å². The highest BCUT2D eigenvalue weighted by molar-refractivity contribution is 7.15. The zero-order chi connectivity index (χ0) is 14.4. The average Bonchev–Trinajstić information content (AvgIpc) is 2.80. The molecule has 108 valence electrons. The number of nitrogens with one attached hydrogen (secondary N) is 1. The van der Waals surface area contributed by atoms with E-state index in [2.05, 4.69) is 17.2 Å². The van der Waals surface area contributed by atoms with Gasteiger partial charge in [-0.05, 0) is 32.1 Å². The number of hydrogen-bond acceptors (Lipinski definition) is 3. The lowest BCUT2D eigenvalue weighted by atomic mass is 9.88. The van der Waals surface area contributed by atoms with Crippen LogP contribution in [0.5, 0.6) is 0 Å². The molecule has 1 aliphatic carbocycles. The summed E-state index contributed by atoms with van der Waals surface area (Å²) < 4.78 is 0. The van der Waals surface area contributed by atoms with Crippen molar-refractivity contribution in [2.45, 2.75) is 46.0 Å². The summed E-state index contributed by atoms with van der Waals surface area (Å²) in [7, 11) is 0. The Bertz CT molecular complexity index is 517. The Morgan fingerprint density at radius 3 is 3.10 bits per heavy atom. The highest BCUT2D eigenvalue weighted by Crippen LogP contribution is 2.33. The van der Waals surface area contributed by atoms with E-state index in [1.165, 1.54) is 35.9 Å². The topological polar surface area (TPSA) is 42.0 Å². The first-order valence-corrected chi connectivity index (χ1v) is 8.13. The third-order valence-electron chi connectivity index (χ3n) is 3.52. The van der Waals surface area contributed by atoms with Crippen molar-refractivity contribution >= 4 is 22.4 Å². The summed E-state index contributed by atoms with van der Waals surface area (Å²) in [4.78, 5) is 17.6. The average molecular weight is 290 g/mol. The van der Waals surface area contributed by atoms with Gasteiger partial charge in [-0.1, -0.05) is 38.0 Å². The van der Waals surface area contributed by atoms with Crippen LogP contribution in [-0.4, -0.2) is 10.9 Å². The van der Waals surface area contributed by atoms with Crippen molar-refractivity contribution in [3.8, 4) is 0 Å². The van der Waals surface area contributed by atoms with Crippen LogP contribution in [0, 0.1) is 5.92 Å². The second kappa shape index (κ2) is 7.39. The molecule has 1 aromatic heterocycles. The Morgan fingerprint density at radius 1 is 1.50 bits per heavy atom. The first-order chi connectivity index (χ1) is 9.72. The molecule has 1 amide bonds. The minimum Gasteiger partial charge on any atom is -0.298 e. The molecular formula is C16H22N2OS. The predicted octanol–water partition coefficient (Wildman–Crippen LogP) is 4.12. The van der Waals surface area contributed by atoms with Crippen molar-refractivity contribution in [1.82, 2.24) is 4.98 Å². The van der Waals surface area contributed by atoms with E-state index in [1.807, 2.05) is 19.1 Å². The van der Waals surface area contributed by atoms with E-state index in [1.54, 1.807) is 17.4 Å². The minimum atomic E-state index is -0.112. The van der Waals surface area contributed by atoms with E-state index in [9.17, 15) is 4.79 Å². The molecule has 0 radical (unpaired) electrons. The van der Waals surface area contributed by atoms with Gasteiger partial charge in [0.25, 0.3) is 0 Å². The lowest BCUT2D eigenvalue weighted by Gasteiger charge is -2.19. The van der Waals surface area contributed by atoms with Gasteiger partial charge in [-0.3, -0.25) is 10.1 Å². The molecule has 0 bridgehead atoms. The molecule has 0 aliphatic heterocycles. The number of nitrogens with zero attached hydrogens (tertiary/aromatic N) is 1. The molecule has 0 fully saturated rings. The maximum atomic E-state index is 11.7. The van der Waals surface area contributed by atoms with Crippen LogP contribution in [0.1, 0.15) is 43.7 Å². The summed E-state index contributed by atoms with van der Waals surface area (Å²) in [6.45, 7) is 4.16. The molecule has 0 spiro atoms. The van der Waals surface area contributed by atoms with E-state index >= 15 is 0 Å². The van der Waals surface area contributed by atoms with Gasteiger partial charge in [0.05, 0.1) is 5.69 Å². The minimum absolute atomic E-state index is 0.112. The van der Waals surface area contributed by atoms with Gasteiger partial charge in [0.1, 0.15) is 0 Å². The summed E-state index contributed by atoms with van der Waals surface area (Å²) in [5.41, 5.74) is 1.19. The molecule has 20 heavy (non-hydrogen) atoms. The van der Waals surface area contributed by atoms with Crippen molar-refractivity contribution in [2.75, 3.05) is 5.32 Å². The number of amides is 1. The SMILES string of the molecule is CC=CC=CC(=O)Nc1nc2c(s1)CC(CCC)CC2. The van der Waals surface area contributed by atoms with Gasteiger partial charge in [0, 0.05) is 11.0 Å². The van der Waals surface area contributed by atoms with Crippen LogP contribution in [-0.2, 0) is 17.6 Å². The zero-order valence-electron chi connectivity index (χ0n) is 12.2. The first-order valence-electron chi connectivity index (χ1n) is 7.31. The second-order valence-corrected chi connectivity index (χ2v) is 6.24. The Labute approximate surface area is 124 Å². The molecule has 3 nitrogen and oxygen atoms in total. The first kappa shape index (κ1) is 15.0. The predicted molar refractivity (Wildman–Crippen MR) is 85.1 cm³/mol. The molecule has 0 saturated carbocycles. The standard InChI is InChI=1S/C16H22N2OS/c1-3-5-6-8-15(19)18-16-17-13-10-9-12(7-4-2)11-14(13)20-16/h3,5-6,8,12H,4,7,9-11H2,1-2H3,(H,17,18,19). The molecule has 1 heterocycles. The number of carbonyl (C=O) groups excluding carboxylic acids is 1. The summed E-state index contributed by atoms with van der Waals surface area (Å²) in [6, 6.07) is 0. The molecule has 1 unspecified atom stereocenters. The van der Waals surface area contributed by atoms with Crippen molar-refractivity contribution in [1.29, 1.82) is 0 Å². The molecule has 1 N–H and O–H groups in total. The van der Waals surface area contributed by atoms with Gasteiger partial charge in [-0.2, -0.15) is 0 Å². The molecule has 0 saturated heterocycles. The van der Waals surface area contributed by atoms with Crippen LogP contribution in [0.4, 0.5) is 5.13 Å². The van der Waals surface area contributed by atoms with Crippen LogP contribution < -0.4 is 5.32 Å². The molecule has 0 aromatic carbocycles. The molecule has 1 atom stereocenters. The zero-order valence-corrected chi connectivity index (χ0v) is 13.0. The number of thiazole rings is 1. The maximum Gasteiger partial charge on any atom is 0.250 e. The number of anilines is 1. The van der Waals surface area contributed by atoms with Crippen molar-refractivity contribution < 1.29 is 4.79 Å². The Morgan fingerprint density at radius 2 is 2.35 bits per heavy atom.